The standard InChI is InChI=1S/C20H18FN3O3/c1-13-11-18(24-27-13)23-20(26)16-7-4-6-15(12-16)19(25)22-10-9-14-5-2-3-8-17(14)21/h2-8,11-12H,9-10H2,1H3,(H,22,25)(H,23,24,26). The topological polar surface area (TPSA) is 84.2 Å². The van der Waals surface area contributed by atoms with Crippen molar-refractivity contribution in [3.8, 4) is 0 Å². The Bertz CT molecular complexity index is 968. The Morgan fingerprint density at radius 3 is 2.48 bits per heavy atom. The Kier molecular flexibility index (Phi) is 5.61. The lowest BCUT2D eigenvalue weighted by Gasteiger charge is -2.08. The van der Waals surface area contributed by atoms with Crippen LogP contribution in [-0.2, 0) is 6.42 Å². The number of nitrogens with zero attached hydrogens (tertiary/aromatic N) is 1. The lowest BCUT2D eigenvalue weighted by Crippen LogP contribution is -2.26. The number of carbonyl (C=O) groups is 2. The largest absolute Gasteiger partial charge is 0.360 e. The predicted octanol–water partition coefficient (Wildman–Crippen LogP) is 3.35. The smallest absolute Gasteiger partial charge is 0.256 e. The number of halogens is 1. The molecule has 1 heterocycles. The molecule has 27 heavy (non-hydrogen) atoms. The van der Waals surface area contributed by atoms with Crippen molar-refractivity contribution >= 4 is 17.6 Å². The summed E-state index contributed by atoms with van der Waals surface area (Å²) in [5.41, 5.74) is 1.19. The first-order valence-corrected chi connectivity index (χ1v) is 8.39. The van der Waals surface area contributed by atoms with E-state index in [1.807, 2.05) is 0 Å². The van der Waals surface area contributed by atoms with Gasteiger partial charge in [0.15, 0.2) is 5.82 Å². The van der Waals surface area contributed by atoms with Crippen molar-refractivity contribution < 1.29 is 18.5 Å². The van der Waals surface area contributed by atoms with Gasteiger partial charge in [0.1, 0.15) is 11.6 Å². The summed E-state index contributed by atoms with van der Waals surface area (Å²) < 4.78 is 18.5. The molecule has 0 radical (unpaired) electrons. The van der Waals surface area contributed by atoms with Crippen LogP contribution >= 0.6 is 0 Å². The minimum absolute atomic E-state index is 0.286. The SMILES string of the molecule is Cc1cc(NC(=O)c2cccc(C(=O)NCCc3ccccc3F)c2)no1. The van der Waals surface area contributed by atoms with Gasteiger partial charge in [0.25, 0.3) is 11.8 Å². The van der Waals surface area contributed by atoms with Crippen molar-refractivity contribution in [3.63, 3.8) is 0 Å². The zero-order valence-electron chi connectivity index (χ0n) is 14.7. The van der Waals surface area contributed by atoms with Crippen molar-refractivity contribution in [1.29, 1.82) is 0 Å². The highest BCUT2D eigenvalue weighted by molar-refractivity contribution is 6.05. The van der Waals surface area contributed by atoms with Crippen LogP contribution in [-0.4, -0.2) is 23.5 Å². The van der Waals surface area contributed by atoms with E-state index < -0.39 is 5.91 Å². The number of aryl methyl sites for hydroxylation is 1. The van der Waals surface area contributed by atoms with Crippen molar-refractivity contribution in [1.82, 2.24) is 10.5 Å². The summed E-state index contributed by atoms with van der Waals surface area (Å²) >= 11 is 0. The number of aromatic nitrogens is 1. The van der Waals surface area contributed by atoms with E-state index in [1.165, 1.54) is 12.1 Å². The van der Waals surface area contributed by atoms with Gasteiger partial charge in [-0.05, 0) is 43.2 Å². The van der Waals surface area contributed by atoms with Gasteiger partial charge in [-0.15, -0.1) is 0 Å². The van der Waals surface area contributed by atoms with E-state index in [2.05, 4.69) is 15.8 Å². The Morgan fingerprint density at radius 1 is 1.04 bits per heavy atom. The average Bonchev–Trinajstić information content (AvgIpc) is 3.08. The summed E-state index contributed by atoms with van der Waals surface area (Å²) in [7, 11) is 0. The molecule has 0 atom stereocenters. The van der Waals surface area contributed by atoms with E-state index in [-0.39, 0.29) is 18.3 Å². The van der Waals surface area contributed by atoms with Crippen molar-refractivity contribution in [2.45, 2.75) is 13.3 Å². The van der Waals surface area contributed by atoms with Gasteiger partial charge in [0, 0.05) is 23.7 Å². The number of hydrogen-bond acceptors (Lipinski definition) is 4. The summed E-state index contributed by atoms with van der Waals surface area (Å²) in [6, 6.07) is 14.3. The second kappa shape index (κ2) is 8.27. The van der Waals surface area contributed by atoms with Crippen LogP contribution in [0.4, 0.5) is 10.2 Å². The minimum atomic E-state index is -0.399. The van der Waals surface area contributed by atoms with Crippen LogP contribution in [0.15, 0.2) is 59.1 Å². The molecule has 1 aromatic heterocycles. The lowest BCUT2D eigenvalue weighted by molar-refractivity contribution is 0.0954. The molecule has 6 nitrogen and oxygen atoms in total. The molecule has 7 heteroatoms. The fourth-order valence-corrected chi connectivity index (χ4v) is 2.53. The van der Waals surface area contributed by atoms with Crippen LogP contribution in [0.25, 0.3) is 0 Å². The first-order chi connectivity index (χ1) is 13.0. The van der Waals surface area contributed by atoms with Gasteiger partial charge in [-0.2, -0.15) is 0 Å². The predicted molar refractivity (Wildman–Crippen MR) is 98.1 cm³/mol. The van der Waals surface area contributed by atoms with E-state index in [9.17, 15) is 14.0 Å². The summed E-state index contributed by atoms with van der Waals surface area (Å²) in [5, 5.41) is 9.03. The van der Waals surface area contributed by atoms with E-state index >= 15 is 0 Å². The molecule has 0 aliphatic carbocycles. The van der Waals surface area contributed by atoms with E-state index in [0.717, 1.165) is 0 Å². The third-order valence-electron chi connectivity index (χ3n) is 3.89. The molecule has 3 rings (SSSR count). The first-order valence-electron chi connectivity index (χ1n) is 8.39. The highest BCUT2D eigenvalue weighted by atomic mass is 19.1. The fourth-order valence-electron chi connectivity index (χ4n) is 2.53. The lowest BCUT2D eigenvalue weighted by atomic mass is 10.1. The van der Waals surface area contributed by atoms with Crippen molar-refractivity contribution in [3.05, 3.63) is 82.9 Å². The Morgan fingerprint density at radius 2 is 1.78 bits per heavy atom. The van der Waals surface area contributed by atoms with Crippen LogP contribution < -0.4 is 10.6 Å². The first kappa shape index (κ1) is 18.3. The Hall–Kier alpha value is -3.48. The third kappa shape index (κ3) is 4.78. The number of nitrogens with one attached hydrogen (secondary N) is 2. The number of benzene rings is 2. The molecule has 0 aliphatic rings. The molecule has 0 saturated heterocycles. The summed E-state index contributed by atoms with van der Waals surface area (Å²) in [4.78, 5) is 24.6. The number of carbonyl (C=O) groups excluding carboxylic acids is 2. The van der Waals surface area contributed by atoms with E-state index in [0.29, 0.717) is 34.7 Å². The molecule has 0 saturated carbocycles. The van der Waals surface area contributed by atoms with Crippen LogP contribution in [0.5, 0.6) is 0 Å². The van der Waals surface area contributed by atoms with Gasteiger partial charge in [0.2, 0.25) is 0 Å². The normalized spacial score (nSPS) is 10.4. The molecule has 0 bridgehead atoms. The molecular weight excluding hydrogens is 349 g/mol. The number of hydrogen-bond donors (Lipinski definition) is 2. The Balaban J connectivity index is 1.59. The van der Waals surface area contributed by atoms with Crippen LogP contribution in [0.2, 0.25) is 0 Å². The maximum atomic E-state index is 13.6. The third-order valence-corrected chi connectivity index (χ3v) is 3.89. The molecule has 138 valence electrons. The molecule has 0 aliphatic heterocycles. The maximum Gasteiger partial charge on any atom is 0.256 e. The molecule has 0 fully saturated rings. The summed E-state index contributed by atoms with van der Waals surface area (Å²) in [5.74, 6) is -0.151. The monoisotopic (exact) mass is 367 g/mol. The van der Waals surface area contributed by atoms with Gasteiger partial charge in [0.05, 0.1) is 0 Å². The van der Waals surface area contributed by atoms with E-state index in [1.54, 1.807) is 49.4 Å². The second-order valence-corrected chi connectivity index (χ2v) is 5.96. The highest BCUT2D eigenvalue weighted by Crippen LogP contribution is 2.11. The average molecular weight is 367 g/mol. The van der Waals surface area contributed by atoms with Gasteiger partial charge in [-0.3, -0.25) is 9.59 Å². The maximum absolute atomic E-state index is 13.6. The number of rotatable bonds is 6. The number of anilines is 1. The molecule has 2 aromatic carbocycles. The summed E-state index contributed by atoms with van der Waals surface area (Å²) in [6.07, 6.45) is 0.379. The molecule has 2 amide bonds. The van der Waals surface area contributed by atoms with Crippen LogP contribution in [0.3, 0.4) is 0 Å². The quantitative estimate of drug-likeness (QED) is 0.700. The molecule has 0 spiro atoms. The van der Waals surface area contributed by atoms with Gasteiger partial charge >= 0.3 is 0 Å². The zero-order valence-corrected chi connectivity index (χ0v) is 14.7. The summed E-state index contributed by atoms with van der Waals surface area (Å²) in [6.45, 7) is 2.00. The molecule has 2 N–H and O–H groups in total. The highest BCUT2D eigenvalue weighted by Gasteiger charge is 2.12. The Labute approximate surface area is 155 Å². The van der Waals surface area contributed by atoms with Crippen molar-refractivity contribution in [2.75, 3.05) is 11.9 Å². The van der Waals surface area contributed by atoms with Crippen molar-refractivity contribution in [2.24, 2.45) is 0 Å². The minimum Gasteiger partial charge on any atom is -0.360 e. The zero-order chi connectivity index (χ0) is 19.2. The van der Waals surface area contributed by atoms with Gasteiger partial charge in [-0.1, -0.05) is 29.4 Å². The van der Waals surface area contributed by atoms with Crippen LogP contribution in [0, 0.1) is 12.7 Å². The molecular formula is C20H18FN3O3. The van der Waals surface area contributed by atoms with Crippen LogP contribution in [0.1, 0.15) is 32.0 Å². The molecule has 3 aromatic rings. The second-order valence-electron chi connectivity index (χ2n) is 5.96. The van der Waals surface area contributed by atoms with Gasteiger partial charge < -0.3 is 15.2 Å². The molecule has 0 unspecified atom stereocenters. The fraction of sp³-hybridized carbons (Fsp3) is 0.150. The van der Waals surface area contributed by atoms with E-state index in [4.69, 9.17) is 4.52 Å². The number of amides is 2. The van der Waals surface area contributed by atoms with Gasteiger partial charge in [-0.25, -0.2) is 4.39 Å².